The average molecular weight is 794 g/mol. The van der Waals surface area contributed by atoms with Crippen LogP contribution in [0.1, 0.15) is 131 Å². The summed E-state index contributed by atoms with van der Waals surface area (Å²) in [5, 5.41) is 5.33. The molecule has 56 heavy (non-hydrogen) atoms. The molecule has 18 nitrogen and oxygen atoms in total. The van der Waals surface area contributed by atoms with Gasteiger partial charge in [-0.3, -0.25) is 44.8 Å². The van der Waals surface area contributed by atoms with Gasteiger partial charge < -0.3 is 14.6 Å². The number of hydrogen-bond donors (Lipinski definition) is 5. The van der Waals surface area contributed by atoms with E-state index in [2.05, 4.69) is 11.8 Å². The molecule has 18 heteroatoms. The standard InChI is InChI=1S/C38H71N11O7/c1-25(2)19-21-44(34(52)24-45(22-20-35(53)56-43)36(54)28-11-13-29(14-12-28)46(39)27(4)50)23-33(51)38(5,6)49(42)31-17-15-30(16-18-31)47(40)37(55)48(41)32-10-8-7-9-26(32)3/h25-26,28-32H,7-24,39-43H2,1-6H3. The highest BCUT2D eigenvalue weighted by molar-refractivity contribution is 5.93. The number of nitrogens with zero attached hydrogens (tertiary/aromatic N) is 6. The number of amides is 5. The molecule has 3 aliphatic rings. The largest absolute Gasteiger partial charge is 0.373 e. The highest BCUT2D eigenvalue weighted by atomic mass is 16.7. The van der Waals surface area contributed by atoms with Crippen LogP contribution in [0, 0.1) is 17.8 Å². The van der Waals surface area contributed by atoms with Gasteiger partial charge in [-0.05, 0) is 96.3 Å². The van der Waals surface area contributed by atoms with Gasteiger partial charge in [0.2, 0.25) is 17.7 Å². The first kappa shape index (κ1) is 47.0. The van der Waals surface area contributed by atoms with Crippen molar-refractivity contribution >= 4 is 35.5 Å². The fourth-order valence-electron chi connectivity index (χ4n) is 8.36. The summed E-state index contributed by atoms with van der Waals surface area (Å²) in [6.45, 7) is 10.6. The number of Topliss-reactive ketones (excluding diaryl/α,β-unsaturated/α-hetero) is 1. The number of nitrogens with two attached hydrogens (primary N) is 5. The van der Waals surface area contributed by atoms with Crippen LogP contribution in [0.25, 0.3) is 0 Å². The molecule has 0 bridgehead atoms. The van der Waals surface area contributed by atoms with Gasteiger partial charge in [-0.2, -0.15) is 5.90 Å². The van der Waals surface area contributed by atoms with Gasteiger partial charge in [0.15, 0.2) is 5.78 Å². The molecule has 0 aromatic rings. The molecular weight excluding hydrogens is 722 g/mol. The van der Waals surface area contributed by atoms with Crippen LogP contribution in [-0.4, -0.2) is 121 Å². The predicted molar refractivity (Wildman–Crippen MR) is 210 cm³/mol. The van der Waals surface area contributed by atoms with E-state index in [0.29, 0.717) is 63.7 Å². The van der Waals surface area contributed by atoms with Crippen molar-refractivity contribution in [3.05, 3.63) is 0 Å². The first-order valence-electron chi connectivity index (χ1n) is 20.5. The van der Waals surface area contributed by atoms with Gasteiger partial charge in [-0.1, -0.05) is 33.6 Å². The third kappa shape index (κ3) is 12.5. The zero-order valence-corrected chi connectivity index (χ0v) is 34.7. The Morgan fingerprint density at radius 3 is 1.82 bits per heavy atom. The molecule has 10 N–H and O–H groups in total. The fraction of sp³-hybridized carbons (Fsp3) is 0.842. The minimum Gasteiger partial charge on any atom is -0.373 e. The number of hydrogen-bond acceptors (Lipinski definition) is 13. The molecule has 0 aliphatic heterocycles. The van der Waals surface area contributed by atoms with Gasteiger partial charge in [0.05, 0.1) is 37.1 Å². The monoisotopic (exact) mass is 794 g/mol. The van der Waals surface area contributed by atoms with E-state index in [9.17, 15) is 28.8 Å². The summed E-state index contributed by atoms with van der Waals surface area (Å²) >= 11 is 0. The number of carbonyl (C=O) groups excluding carboxylic acids is 6. The molecule has 0 saturated heterocycles. The molecule has 3 rings (SSSR count). The Hall–Kier alpha value is -3.42. The smallest absolute Gasteiger partial charge is 0.348 e. The van der Waals surface area contributed by atoms with E-state index >= 15 is 0 Å². The second-order valence-corrected chi connectivity index (χ2v) is 17.2. The van der Waals surface area contributed by atoms with Crippen molar-refractivity contribution in [3.63, 3.8) is 0 Å². The Morgan fingerprint density at radius 1 is 0.714 bits per heavy atom. The number of ketones is 1. The highest BCUT2D eigenvalue weighted by Gasteiger charge is 2.42. The number of urea groups is 1. The summed E-state index contributed by atoms with van der Waals surface area (Å²) in [6.07, 6.45) is 8.78. The van der Waals surface area contributed by atoms with Gasteiger partial charge in [0.25, 0.3) is 0 Å². The van der Waals surface area contributed by atoms with Crippen LogP contribution in [0.3, 0.4) is 0 Å². The molecular formula is C38H71N11O7. The Kier molecular flexibility index (Phi) is 17.9. The average Bonchev–Trinajstić information content (AvgIpc) is 3.18. The highest BCUT2D eigenvalue weighted by Crippen LogP contribution is 2.32. The maximum absolute atomic E-state index is 14.1. The van der Waals surface area contributed by atoms with Crippen LogP contribution in [0.5, 0.6) is 0 Å². The van der Waals surface area contributed by atoms with E-state index in [4.69, 9.17) is 29.3 Å². The van der Waals surface area contributed by atoms with Crippen molar-refractivity contribution in [2.45, 2.75) is 161 Å². The first-order valence-corrected chi connectivity index (χ1v) is 20.5. The van der Waals surface area contributed by atoms with Crippen molar-refractivity contribution in [3.8, 4) is 0 Å². The number of carbonyl (C=O) groups is 6. The molecule has 320 valence electrons. The maximum atomic E-state index is 14.1. The zero-order chi connectivity index (χ0) is 41.9. The molecule has 0 heterocycles. The van der Waals surface area contributed by atoms with Crippen molar-refractivity contribution < 1.29 is 33.6 Å². The second kappa shape index (κ2) is 21.4. The second-order valence-electron chi connectivity index (χ2n) is 17.2. The van der Waals surface area contributed by atoms with Crippen molar-refractivity contribution in [1.29, 1.82) is 0 Å². The van der Waals surface area contributed by atoms with Crippen LogP contribution in [0.15, 0.2) is 0 Å². The van der Waals surface area contributed by atoms with E-state index in [-0.39, 0.29) is 80.3 Å². The van der Waals surface area contributed by atoms with E-state index in [1.165, 1.54) is 31.8 Å². The molecule has 5 amide bonds. The van der Waals surface area contributed by atoms with Crippen molar-refractivity contribution in [2.24, 2.45) is 47.0 Å². The van der Waals surface area contributed by atoms with Gasteiger partial charge >= 0.3 is 12.0 Å². The third-order valence-electron chi connectivity index (χ3n) is 12.5. The van der Waals surface area contributed by atoms with Crippen LogP contribution >= 0.6 is 0 Å². The predicted octanol–water partition coefficient (Wildman–Crippen LogP) is 1.66. The Bertz CT molecular complexity index is 1350. The van der Waals surface area contributed by atoms with Crippen molar-refractivity contribution in [1.82, 2.24) is 29.8 Å². The van der Waals surface area contributed by atoms with E-state index < -0.39 is 29.4 Å². The normalized spacial score (nSPS) is 24.3. The summed E-state index contributed by atoms with van der Waals surface area (Å²) in [5.74, 6) is 28.4. The summed E-state index contributed by atoms with van der Waals surface area (Å²) in [6, 6.07) is -1.01. The molecule has 0 aromatic heterocycles. The molecule has 3 saturated carbocycles. The number of rotatable bonds is 17. The summed E-state index contributed by atoms with van der Waals surface area (Å²) in [5.41, 5.74) is -1.16. The van der Waals surface area contributed by atoms with E-state index in [1.54, 1.807) is 18.9 Å². The topological polar surface area (TPSA) is 261 Å². The van der Waals surface area contributed by atoms with Gasteiger partial charge in [-0.25, -0.2) is 27.3 Å². The fourth-order valence-corrected chi connectivity index (χ4v) is 8.36. The summed E-state index contributed by atoms with van der Waals surface area (Å²) < 4.78 is 0. The van der Waals surface area contributed by atoms with Gasteiger partial charge in [0.1, 0.15) is 0 Å². The van der Waals surface area contributed by atoms with E-state index in [0.717, 1.165) is 25.7 Å². The lowest BCUT2D eigenvalue weighted by Gasteiger charge is -2.44. The van der Waals surface area contributed by atoms with Gasteiger partial charge in [-0.15, -0.1) is 0 Å². The van der Waals surface area contributed by atoms with Gasteiger partial charge in [0, 0.05) is 38.0 Å². The molecule has 3 aliphatic carbocycles. The molecule has 0 spiro atoms. The van der Waals surface area contributed by atoms with Crippen LogP contribution in [-0.2, 0) is 28.8 Å². The molecule has 0 aromatic carbocycles. The Morgan fingerprint density at radius 2 is 1.27 bits per heavy atom. The SMILES string of the molecule is CC(=O)N(N)C1CCC(C(=O)N(CCC(=O)ON)CC(=O)N(CCC(C)C)CC(=O)C(C)(C)N(N)C2CCC(N(N)C(=O)N(N)C3CCCCC3C)CC2)CC1. The minimum absolute atomic E-state index is 0.0432. The Labute approximate surface area is 332 Å². The zero-order valence-electron chi connectivity index (χ0n) is 34.7. The lowest BCUT2D eigenvalue weighted by atomic mass is 9.84. The Balaban J connectivity index is 1.66. The lowest BCUT2D eigenvalue weighted by Crippen LogP contribution is -2.63. The summed E-state index contributed by atoms with van der Waals surface area (Å²) in [4.78, 5) is 86.1. The molecule has 3 fully saturated rings. The maximum Gasteiger partial charge on any atom is 0.348 e. The summed E-state index contributed by atoms with van der Waals surface area (Å²) in [7, 11) is 0. The van der Waals surface area contributed by atoms with E-state index in [1.807, 2.05) is 13.8 Å². The van der Waals surface area contributed by atoms with Crippen LogP contribution < -0.4 is 29.3 Å². The molecule has 0 radical (unpaired) electrons. The quantitative estimate of drug-likeness (QED) is 0.0799. The lowest BCUT2D eigenvalue weighted by molar-refractivity contribution is -0.149. The van der Waals surface area contributed by atoms with Crippen LogP contribution in [0.2, 0.25) is 0 Å². The molecule has 2 atom stereocenters. The molecule has 2 unspecified atom stereocenters. The van der Waals surface area contributed by atoms with Crippen molar-refractivity contribution in [2.75, 3.05) is 26.2 Å². The number of hydrazine groups is 4. The first-order chi connectivity index (χ1) is 26.3. The third-order valence-corrected chi connectivity index (χ3v) is 12.5. The minimum atomic E-state index is -1.16. The van der Waals surface area contributed by atoms with Crippen LogP contribution in [0.4, 0.5) is 4.79 Å².